The van der Waals surface area contributed by atoms with E-state index in [1.165, 1.54) is 6.07 Å². The number of rotatable bonds is 7. The van der Waals surface area contributed by atoms with E-state index in [1.54, 1.807) is 16.8 Å². The second kappa shape index (κ2) is 8.90. The van der Waals surface area contributed by atoms with Crippen molar-refractivity contribution in [2.75, 3.05) is 6.61 Å². The van der Waals surface area contributed by atoms with Crippen molar-refractivity contribution >= 4 is 5.91 Å². The third-order valence-electron chi connectivity index (χ3n) is 5.93. The molecule has 0 unspecified atom stereocenters. The second-order valence-electron chi connectivity index (χ2n) is 8.24. The largest absolute Gasteiger partial charge is 0.492 e. The molecule has 0 saturated heterocycles. The van der Waals surface area contributed by atoms with Gasteiger partial charge in [0.25, 0.3) is 5.91 Å². The topological polar surface area (TPSA) is 47.4 Å². The Balaban J connectivity index is 1.26. The zero-order chi connectivity index (χ0) is 22.8. The number of carbonyl (C=O) groups is 1. The number of aromatic nitrogens is 2. The predicted molar refractivity (Wildman–Crippen MR) is 124 cm³/mol. The van der Waals surface area contributed by atoms with E-state index in [0.717, 1.165) is 22.3 Å². The van der Waals surface area contributed by atoms with Crippen LogP contribution in [0.5, 0.6) is 5.75 Å². The van der Waals surface area contributed by atoms with Gasteiger partial charge in [0.1, 0.15) is 11.6 Å². The average Bonchev–Trinajstić information content (AvgIpc) is 3.39. The van der Waals surface area contributed by atoms with Crippen molar-refractivity contribution in [2.24, 2.45) is 7.05 Å². The standard InChI is InChI=1S/C27H24FN3O2/c1-30-17-23(15-29-30)20-11-9-19(10-12-20)16-31-18-22-6-4-8-25(26(22)27(31)32)33-14-13-21-5-2-3-7-24(21)28/h2-12,15,17H,13-14,16,18H2,1H3. The van der Waals surface area contributed by atoms with Crippen LogP contribution >= 0.6 is 0 Å². The summed E-state index contributed by atoms with van der Waals surface area (Å²) in [6.07, 6.45) is 4.25. The maximum Gasteiger partial charge on any atom is 0.258 e. The Hall–Kier alpha value is -3.93. The summed E-state index contributed by atoms with van der Waals surface area (Å²) in [5.41, 5.74) is 5.38. The van der Waals surface area contributed by atoms with E-state index < -0.39 is 0 Å². The summed E-state index contributed by atoms with van der Waals surface area (Å²) >= 11 is 0. The van der Waals surface area contributed by atoms with Crippen molar-refractivity contribution in [3.63, 3.8) is 0 Å². The Morgan fingerprint density at radius 1 is 1.00 bits per heavy atom. The van der Waals surface area contributed by atoms with Crippen LogP contribution in [0.25, 0.3) is 11.1 Å². The first kappa shape index (κ1) is 20.9. The molecule has 1 aliphatic heterocycles. The third-order valence-corrected chi connectivity index (χ3v) is 5.93. The minimum absolute atomic E-state index is 0.0390. The van der Waals surface area contributed by atoms with Crippen LogP contribution in [-0.2, 0) is 26.6 Å². The Kier molecular flexibility index (Phi) is 5.65. The lowest BCUT2D eigenvalue weighted by Crippen LogP contribution is -2.23. The average molecular weight is 442 g/mol. The number of aryl methyl sites for hydroxylation is 1. The molecule has 5 nitrogen and oxygen atoms in total. The number of fused-ring (bicyclic) bond motifs is 1. The van der Waals surface area contributed by atoms with Crippen molar-refractivity contribution in [3.05, 3.63) is 107 Å². The van der Waals surface area contributed by atoms with E-state index in [1.807, 2.05) is 60.7 Å². The van der Waals surface area contributed by atoms with Gasteiger partial charge in [-0.1, -0.05) is 54.6 Å². The minimum atomic E-state index is -0.240. The van der Waals surface area contributed by atoms with Crippen LogP contribution in [0.4, 0.5) is 4.39 Å². The number of halogens is 1. The molecule has 0 saturated carbocycles. The van der Waals surface area contributed by atoms with Gasteiger partial charge in [-0.2, -0.15) is 5.10 Å². The van der Waals surface area contributed by atoms with Crippen molar-refractivity contribution in [3.8, 4) is 16.9 Å². The molecule has 0 bridgehead atoms. The summed E-state index contributed by atoms with van der Waals surface area (Å²) in [6.45, 7) is 1.37. The number of ether oxygens (including phenoxy) is 1. The Bertz CT molecular complexity index is 1300. The van der Waals surface area contributed by atoms with Gasteiger partial charge in [0.15, 0.2) is 0 Å². The fourth-order valence-electron chi connectivity index (χ4n) is 4.20. The van der Waals surface area contributed by atoms with Crippen molar-refractivity contribution in [1.82, 2.24) is 14.7 Å². The Labute approximate surface area is 192 Å². The van der Waals surface area contributed by atoms with Crippen molar-refractivity contribution < 1.29 is 13.9 Å². The van der Waals surface area contributed by atoms with Gasteiger partial charge in [0.2, 0.25) is 0 Å². The normalized spacial score (nSPS) is 12.8. The fraction of sp³-hybridized carbons (Fsp3) is 0.185. The summed E-state index contributed by atoms with van der Waals surface area (Å²) in [4.78, 5) is 15.0. The van der Waals surface area contributed by atoms with Gasteiger partial charge in [-0.3, -0.25) is 9.48 Å². The van der Waals surface area contributed by atoms with Gasteiger partial charge in [0, 0.05) is 38.3 Å². The quantitative estimate of drug-likeness (QED) is 0.405. The van der Waals surface area contributed by atoms with Crippen molar-refractivity contribution in [2.45, 2.75) is 19.5 Å². The van der Waals surface area contributed by atoms with E-state index in [0.29, 0.717) is 43.0 Å². The first-order valence-electron chi connectivity index (χ1n) is 10.9. The van der Waals surface area contributed by atoms with E-state index in [2.05, 4.69) is 17.2 Å². The van der Waals surface area contributed by atoms with Gasteiger partial charge in [-0.15, -0.1) is 0 Å². The van der Waals surface area contributed by atoms with Crippen LogP contribution in [0.15, 0.2) is 79.1 Å². The van der Waals surface area contributed by atoms with Gasteiger partial charge in [0.05, 0.1) is 18.4 Å². The monoisotopic (exact) mass is 441 g/mol. The lowest BCUT2D eigenvalue weighted by atomic mass is 10.1. The summed E-state index contributed by atoms with van der Waals surface area (Å²) in [5, 5.41) is 4.22. The third kappa shape index (κ3) is 4.37. The van der Waals surface area contributed by atoms with Crippen LogP contribution in [0.3, 0.4) is 0 Å². The molecule has 1 amide bonds. The number of hydrogen-bond donors (Lipinski definition) is 0. The maximum atomic E-state index is 13.9. The smallest absolute Gasteiger partial charge is 0.258 e. The van der Waals surface area contributed by atoms with Crippen LogP contribution in [-0.4, -0.2) is 27.2 Å². The molecule has 3 aromatic carbocycles. The molecule has 5 rings (SSSR count). The summed E-state index contributed by atoms with van der Waals surface area (Å²) in [6, 6.07) is 20.5. The molecule has 0 atom stereocenters. The van der Waals surface area contributed by atoms with E-state index in [-0.39, 0.29) is 11.7 Å². The number of hydrogen-bond acceptors (Lipinski definition) is 3. The molecule has 1 aromatic heterocycles. The lowest BCUT2D eigenvalue weighted by molar-refractivity contribution is 0.0763. The van der Waals surface area contributed by atoms with E-state index in [9.17, 15) is 9.18 Å². The molecule has 1 aliphatic rings. The Morgan fingerprint density at radius 3 is 2.58 bits per heavy atom. The first-order valence-corrected chi connectivity index (χ1v) is 10.9. The minimum Gasteiger partial charge on any atom is -0.492 e. The molecule has 33 heavy (non-hydrogen) atoms. The van der Waals surface area contributed by atoms with Crippen LogP contribution in [0, 0.1) is 5.82 Å². The number of benzene rings is 3. The summed E-state index contributed by atoms with van der Waals surface area (Å²) in [5.74, 6) is 0.280. The number of carbonyl (C=O) groups excluding carboxylic acids is 1. The molecule has 0 spiro atoms. The SMILES string of the molecule is Cn1cc(-c2ccc(CN3Cc4cccc(OCCc5ccccc5F)c4C3=O)cc2)cn1. The van der Waals surface area contributed by atoms with E-state index in [4.69, 9.17) is 4.74 Å². The molecule has 6 heteroatoms. The molecule has 0 radical (unpaired) electrons. The molecule has 2 heterocycles. The number of amides is 1. The van der Waals surface area contributed by atoms with Gasteiger partial charge < -0.3 is 9.64 Å². The van der Waals surface area contributed by atoms with Gasteiger partial charge in [-0.25, -0.2) is 4.39 Å². The highest BCUT2D eigenvalue weighted by atomic mass is 19.1. The van der Waals surface area contributed by atoms with E-state index >= 15 is 0 Å². The fourth-order valence-corrected chi connectivity index (χ4v) is 4.20. The zero-order valence-corrected chi connectivity index (χ0v) is 18.4. The Morgan fingerprint density at radius 2 is 1.82 bits per heavy atom. The molecular weight excluding hydrogens is 417 g/mol. The second-order valence-corrected chi connectivity index (χ2v) is 8.24. The molecule has 0 fully saturated rings. The van der Waals surface area contributed by atoms with Crippen LogP contribution in [0.2, 0.25) is 0 Å². The predicted octanol–water partition coefficient (Wildman–Crippen LogP) is 5.00. The van der Waals surface area contributed by atoms with Gasteiger partial charge in [-0.05, 0) is 34.4 Å². The molecule has 0 aliphatic carbocycles. The van der Waals surface area contributed by atoms with Gasteiger partial charge >= 0.3 is 0 Å². The number of nitrogens with zero attached hydrogens (tertiary/aromatic N) is 3. The summed E-state index contributed by atoms with van der Waals surface area (Å²) < 4.78 is 21.6. The highest BCUT2D eigenvalue weighted by molar-refractivity contribution is 6.01. The molecule has 166 valence electrons. The molecule has 4 aromatic rings. The highest BCUT2D eigenvalue weighted by Crippen LogP contribution is 2.32. The van der Waals surface area contributed by atoms with Crippen molar-refractivity contribution in [1.29, 1.82) is 0 Å². The maximum absolute atomic E-state index is 13.9. The molecule has 0 N–H and O–H groups in total. The zero-order valence-electron chi connectivity index (χ0n) is 18.4. The molecular formula is C27H24FN3O2. The van der Waals surface area contributed by atoms with Crippen LogP contribution in [0.1, 0.15) is 27.0 Å². The summed E-state index contributed by atoms with van der Waals surface area (Å²) in [7, 11) is 1.90. The first-order chi connectivity index (χ1) is 16.1. The van der Waals surface area contributed by atoms with Crippen LogP contribution < -0.4 is 4.74 Å². The highest BCUT2D eigenvalue weighted by Gasteiger charge is 2.30. The lowest BCUT2D eigenvalue weighted by Gasteiger charge is -2.16.